The van der Waals surface area contributed by atoms with E-state index in [2.05, 4.69) is 69.8 Å². The molecule has 158 valence electrons. The van der Waals surface area contributed by atoms with E-state index in [1.807, 2.05) is 0 Å². The number of hydrogen-bond acceptors (Lipinski definition) is 2. The molecule has 0 radical (unpaired) electrons. The molecule has 1 aliphatic carbocycles. The van der Waals surface area contributed by atoms with Gasteiger partial charge in [0.05, 0.1) is 17.2 Å². The van der Waals surface area contributed by atoms with Crippen LogP contribution in [0.5, 0.6) is 11.5 Å². The second kappa shape index (κ2) is 6.35. The number of aryl methyl sites for hydroxylation is 3. The Morgan fingerprint density at radius 2 is 1.81 bits per heavy atom. The van der Waals surface area contributed by atoms with Gasteiger partial charge in [-0.25, -0.2) is 4.57 Å². The first-order valence-electron chi connectivity index (χ1n) is 11.5. The molecule has 6 rings (SSSR count). The molecule has 1 fully saturated rings. The van der Waals surface area contributed by atoms with Crippen molar-refractivity contribution >= 4 is 21.7 Å². The fraction of sp³-hybridized carbons (Fsp3) is 0.393. The number of benzene rings is 2. The average molecular weight is 413 g/mol. The van der Waals surface area contributed by atoms with Crippen LogP contribution in [0.1, 0.15) is 62.1 Å². The first kappa shape index (κ1) is 18.9. The Labute approximate surface area is 183 Å². The van der Waals surface area contributed by atoms with Gasteiger partial charge in [-0.05, 0) is 73.9 Å². The highest BCUT2D eigenvalue weighted by molar-refractivity contribution is 6.05. The number of furan rings is 1. The monoisotopic (exact) mass is 412 g/mol. The van der Waals surface area contributed by atoms with Gasteiger partial charge in [0.1, 0.15) is 24.1 Å². The van der Waals surface area contributed by atoms with Gasteiger partial charge in [0, 0.05) is 22.6 Å². The van der Waals surface area contributed by atoms with Crippen molar-refractivity contribution in [2.45, 2.75) is 59.3 Å². The van der Waals surface area contributed by atoms with Crippen molar-refractivity contribution in [2.75, 3.05) is 0 Å². The van der Waals surface area contributed by atoms with Crippen LogP contribution in [0.2, 0.25) is 0 Å². The van der Waals surface area contributed by atoms with Crippen LogP contribution in [0.3, 0.4) is 0 Å². The Hall–Kier alpha value is -2.81. The van der Waals surface area contributed by atoms with Crippen molar-refractivity contribution < 1.29 is 13.7 Å². The van der Waals surface area contributed by atoms with Crippen molar-refractivity contribution in [3.05, 3.63) is 53.4 Å². The third-order valence-electron chi connectivity index (χ3n) is 7.83. The first-order valence-corrected chi connectivity index (χ1v) is 11.5. The number of fused-ring (bicyclic) bond motifs is 3. The predicted molar refractivity (Wildman–Crippen MR) is 125 cm³/mol. The third-order valence-corrected chi connectivity index (χ3v) is 7.83. The van der Waals surface area contributed by atoms with Gasteiger partial charge in [0.15, 0.2) is 6.20 Å². The van der Waals surface area contributed by atoms with Crippen molar-refractivity contribution in [2.24, 2.45) is 12.5 Å². The highest BCUT2D eigenvalue weighted by Gasteiger charge is 2.34. The molecule has 0 atom stereocenters. The lowest BCUT2D eigenvalue weighted by Crippen LogP contribution is -2.32. The number of pyridine rings is 1. The van der Waals surface area contributed by atoms with Gasteiger partial charge in [0.2, 0.25) is 5.69 Å². The first-order chi connectivity index (χ1) is 14.8. The molecule has 3 nitrogen and oxygen atoms in total. The van der Waals surface area contributed by atoms with E-state index in [0.717, 1.165) is 39.2 Å². The molecule has 3 heteroatoms. The van der Waals surface area contributed by atoms with Crippen LogP contribution in [0.25, 0.3) is 33.0 Å². The summed E-state index contributed by atoms with van der Waals surface area (Å²) < 4.78 is 14.8. The largest absolute Gasteiger partial charge is 0.464 e. The molecule has 1 aliphatic heterocycles. The number of ether oxygens (including phenoxy) is 1. The summed E-state index contributed by atoms with van der Waals surface area (Å²) in [6, 6.07) is 9.03. The van der Waals surface area contributed by atoms with Crippen LogP contribution in [-0.4, -0.2) is 0 Å². The summed E-state index contributed by atoms with van der Waals surface area (Å²) in [6.45, 7) is 9.10. The Morgan fingerprint density at radius 3 is 2.58 bits per heavy atom. The number of hydrogen-bond donors (Lipinski definition) is 0. The summed E-state index contributed by atoms with van der Waals surface area (Å²) in [6.07, 6.45) is 9.07. The molecule has 0 spiro atoms. The molecule has 0 unspecified atom stereocenters. The summed E-state index contributed by atoms with van der Waals surface area (Å²) in [5.41, 5.74) is 7.55. The zero-order valence-electron chi connectivity index (χ0n) is 19.1. The van der Waals surface area contributed by atoms with Gasteiger partial charge in [-0.2, -0.15) is 0 Å². The highest BCUT2D eigenvalue weighted by Crippen LogP contribution is 2.52. The quantitative estimate of drug-likeness (QED) is 0.267. The SMILES string of the molecule is Cc1c2c(c(C)c3occc13)-c1c3c(cc(C4CCC(C)(C)CC4)cc3cc[n+]1C)O2. The van der Waals surface area contributed by atoms with Crippen molar-refractivity contribution in [1.82, 2.24) is 0 Å². The van der Waals surface area contributed by atoms with Crippen LogP contribution in [0, 0.1) is 19.3 Å². The van der Waals surface area contributed by atoms with E-state index in [4.69, 9.17) is 9.15 Å². The minimum absolute atomic E-state index is 0.475. The zero-order valence-corrected chi connectivity index (χ0v) is 19.1. The molecular weight excluding hydrogens is 382 g/mol. The van der Waals surface area contributed by atoms with Crippen molar-refractivity contribution in [3.8, 4) is 22.8 Å². The summed E-state index contributed by atoms with van der Waals surface area (Å²) in [4.78, 5) is 0. The Balaban J connectivity index is 1.59. The number of nitrogens with zero attached hydrogens (tertiary/aromatic N) is 1. The van der Waals surface area contributed by atoms with E-state index in [9.17, 15) is 0 Å². The van der Waals surface area contributed by atoms with Gasteiger partial charge in [-0.15, -0.1) is 0 Å². The van der Waals surface area contributed by atoms with Gasteiger partial charge in [0.25, 0.3) is 0 Å². The maximum Gasteiger partial charge on any atom is 0.228 e. The van der Waals surface area contributed by atoms with Gasteiger partial charge in [-0.1, -0.05) is 19.9 Å². The number of aromatic nitrogens is 1. The maximum atomic E-state index is 6.71. The summed E-state index contributed by atoms with van der Waals surface area (Å²) in [5.74, 6) is 2.60. The topological polar surface area (TPSA) is 26.2 Å². The van der Waals surface area contributed by atoms with E-state index in [1.165, 1.54) is 47.7 Å². The lowest BCUT2D eigenvalue weighted by atomic mass is 9.71. The molecule has 0 bridgehead atoms. The summed E-state index contributed by atoms with van der Waals surface area (Å²) in [7, 11) is 2.13. The van der Waals surface area contributed by atoms with E-state index in [-0.39, 0.29) is 0 Å². The van der Waals surface area contributed by atoms with Crippen molar-refractivity contribution in [3.63, 3.8) is 0 Å². The Bertz CT molecular complexity index is 1370. The predicted octanol–water partition coefficient (Wildman–Crippen LogP) is 7.48. The van der Waals surface area contributed by atoms with E-state index >= 15 is 0 Å². The Kier molecular flexibility index (Phi) is 3.88. The van der Waals surface area contributed by atoms with Crippen LogP contribution < -0.4 is 9.30 Å². The van der Waals surface area contributed by atoms with Gasteiger partial charge in [-0.3, -0.25) is 0 Å². The fourth-order valence-corrected chi connectivity index (χ4v) is 5.85. The van der Waals surface area contributed by atoms with Gasteiger partial charge >= 0.3 is 0 Å². The standard InChI is InChI=1S/C28H30NO2/c1-16-21-9-13-30-26(21)17(2)23-25-24-19(8-12-29(25)5)14-20(15-22(24)31-27(16)23)18-6-10-28(3,4)11-7-18/h8-9,12-15,18H,6-7,10-11H2,1-5H3/q+1. The molecule has 2 aromatic carbocycles. The molecule has 0 amide bonds. The average Bonchev–Trinajstić information content (AvgIpc) is 3.24. The summed E-state index contributed by atoms with van der Waals surface area (Å²) >= 11 is 0. The zero-order chi connectivity index (χ0) is 21.5. The molecule has 3 heterocycles. The van der Waals surface area contributed by atoms with E-state index in [1.54, 1.807) is 6.26 Å². The van der Waals surface area contributed by atoms with Crippen LogP contribution >= 0.6 is 0 Å². The highest BCUT2D eigenvalue weighted by atomic mass is 16.5. The lowest BCUT2D eigenvalue weighted by molar-refractivity contribution is -0.659. The molecule has 1 saturated carbocycles. The summed E-state index contributed by atoms with van der Waals surface area (Å²) in [5, 5.41) is 3.62. The molecule has 2 aliphatic rings. The molecular formula is C28H30NO2+. The van der Waals surface area contributed by atoms with E-state index in [0.29, 0.717) is 11.3 Å². The van der Waals surface area contributed by atoms with Gasteiger partial charge < -0.3 is 9.15 Å². The lowest BCUT2D eigenvalue weighted by Gasteiger charge is -2.35. The van der Waals surface area contributed by atoms with Crippen LogP contribution in [0.4, 0.5) is 0 Å². The Morgan fingerprint density at radius 1 is 1.03 bits per heavy atom. The normalized spacial score (nSPS) is 17.7. The van der Waals surface area contributed by atoms with Crippen LogP contribution in [-0.2, 0) is 7.05 Å². The number of rotatable bonds is 1. The second-order valence-corrected chi connectivity index (χ2v) is 10.4. The molecule has 0 N–H and O–H groups in total. The molecule has 4 aromatic rings. The minimum atomic E-state index is 0.475. The van der Waals surface area contributed by atoms with E-state index < -0.39 is 0 Å². The smallest absolute Gasteiger partial charge is 0.228 e. The molecule has 2 aromatic heterocycles. The van der Waals surface area contributed by atoms with Crippen molar-refractivity contribution in [1.29, 1.82) is 0 Å². The molecule has 31 heavy (non-hydrogen) atoms. The minimum Gasteiger partial charge on any atom is -0.464 e. The third kappa shape index (κ3) is 2.68. The molecule has 0 saturated heterocycles. The maximum absolute atomic E-state index is 6.71. The fourth-order valence-electron chi connectivity index (χ4n) is 5.85. The van der Waals surface area contributed by atoms with Crippen LogP contribution in [0.15, 0.2) is 41.1 Å². The second-order valence-electron chi connectivity index (χ2n) is 10.4.